The van der Waals surface area contributed by atoms with Gasteiger partial charge in [-0.3, -0.25) is 4.79 Å². The predicted molar refractivity (Wildman–Crippen MR) is 110 cm³/mol. The van der Waals surface area contributed by atoms with Crippen LogP contribution in [-0.4, -0.2) is 5.78 Å². The van der Waals surface area contributed by atoms with Crippen LogP contribution in [0.25, 0.3) is 11.1 Å². The summed E-state index contributed by atoms with van der Waals surface area (Å²) in [6.45, 7) is 0. The summed E-state index contributed by atoms with van der Waals surface area (Å²) in [4.78, 5) is 15.1. The van der Waals surface area contributed by atoms with E-state index in [9.17, 15) is 4.79 Å². The number of hydrogen-bond donors (Lipinski definition) is 0. The second-order valence-corrected chi connectivity index (χ2v) is 6.58. The van der Waals surface area contributed by atoms with Crippen molar-refractivity contribution >= 4 is 22.8 Å². The molecule has 4 aromatic carbocycles. The third kappa shape index (κ3) is 2.46. The number of nitrogens with zero attached hydrogens (tertiary/aromatic N) is 1. The molecule has 0 saturated heterocycles. The van der Waals surface area contributed by atoms with E-state index in [0.717, 1.165) is 39.3 Å². The summed E-state index contributed by atoms with van der Waals surface area (Å²) in [6.07, 6.45) is 0. The fourth-order valence-electron chi connectivity index (χ4n) is 3.82. The fraction of sp³-hybridized carbons (Fsp3) is 0. The van der Waals surface area contributed by atoms with Crippen molar-refractivity contribution in [3.8, 4) is 11.1 Å². The molecule has 2 heteroatoms. The Balaban J connectivity index is 1.80. The van der Waals surface area contributed by atoms with E-state index in [1.807, 2.05) is 72.8 Å². The maximum atomic E-state index is 12.9. The van der Waals surface area contributed by atoms with Crippen LogP contribution >= 0.6 is 0 Å². The van der Waals surface area contributed by atoms with Gasteiger partial charge in [0.2, 0.25) is 0 Å². The molecule has 0 N–H and O–H groups in total. The number of carbonyl (C=O) groups excluding carboxylic acids is 1. The van der Waals surface area contributed by atoms with Gasteiger partial charge < -0.3 is 4.90 Å². The Bertz CT molecular complexity index is 1090. The van der Waals surface area contributed by atoms with Crippen molar-refractivity contribution in [2.24, 2.45) is 0 Å². The molecule has 0 aliphatic heterocycles. The second kappa shape index (κ2) is 6.26. The van der Waals surface area contributed by atoms with Crippen molar-refractivity contribution in [3.63, 3.8) is 0 Å². The maximum absolute atomic E-state index is 12.9. The molecule has 128 valence electrons. The number of anilines is 3. The number of rotatable bonds is 3. The number of fused-ring (bicyclic) bond motifs is 3. The quantitative estimate of drug-likeness (QED) is 0.378. The largest absolute Gasteiger partial charge is 0.310 e. The topological polar surface area (TPSA) is 20.3 Å². The summed E-state index contributed by atoms with van der Waals surface area (Å²) in [5.41, 5.74) is 6.70. The van der Waals surface area contributed by atoms with Gasteiger partial charge in [-0.05, 0) is 35.9 Å². The Kier molecular flexibility index (Phi) is 3.61. The van der Waals surface area contributed by atoms with Crippen LogP contribution in [0.15, 0.2) is 103 Å². The minimum absolute atomic E-state index is 0.100. The Morgan fingerprint density at radius 1 is 0.481 bits per heavy atom. The van der Waals surface area contributed by atoms with Gasteiger partial charge in [0.25, 0.3) is 0 Å². The zero-order chi connectivity index (χ0) is 18.2. The van der Waals surface area contributed by atoms with Crippen LogP contribution in [0.2, 0.25) is 0 Å². The van der Waals surface area contributed by atoms with Gasteiger partial charge in [0.15, 0.2) is 5.78 Å². The summed E-state index contributed by atoms with van der Waals surface area (Å²) in [5, 5.41) is 0. The molecule has 0 aromatic heterocycles. The SMILES string of the molecule is O=C1c2ccccc2-c2c1cccc2N(c1ccccc1)c1ccccc1. The second-order valence-electron chi connectivity index (χ2n) is 6.58. The predicted octanol–water partition coefficient (Wildman–Crippen LogP) is 6.37. The molecule has 2 nitrogen and oxygen atoms in total. The Hall–Kier alpha value is -3.65. The number of para-hydroxylation sites is 2. The standard InChI is InChI=1S/C25H17NO/c27-25-21-15-8-7-14-20(21)24-22(25)16-9-17-23(24)26(18-10-3-1-4-11-18)19-12-5-2-6-13-19/h1-17H. The highest BCUT2D eigenvalue weighted by molar-refractivity contribution is 6.24. The lowest BCUT2D eigenvalue weighted by atomic mass is 10.0. The van der Waals surface area contributed by atoms with Crippen molar-refractivity contribution in [1.29, 1.82) is 0 Å². The molecule has 0 spiro atoms. The minimum Gasteiger partial charge on any atom is -0.310 e. The van der Waals surface area contributed by atoms with Gasteiger partial charge in [-0.25, -0.2) is 0 Å². The van der Waals surface area contributed by atoms with E-state index in [4.69, 9.17) is 0 Å². The molecule has 1 aliphatic carbocycles. The highest BCUT2D eigenvalue weighted by Gasteiger charge is 2.30. The summed E-state index contributed by atoms with van der Waals surface area (Å²) in [7, 11) is 0. The monoisotopic (exact) mass is 347 g/mol. The van der Waals surface area contributed by atoms with Gasteiger partial charge in [0.05, 0.1) is 5.69 Å². The third-order valence-corrected chi connectivity index (χ3v) is 5.00. The van der Waals surface area contributed by atoms with Crippen LogP contribution in [0.4, 0.5) is 17.1 Å². The van der Waals surface area contributed by atoms with Gasteiger partial charge in [-0.1, -0.05) is 72.8 Å². The summed E-state index contributed by atoms with van der Waals surface area (Å²) < 4.78 is 0. The molecule has 27 heavy (non-hydrogen) atoms. The zero-order valence-electron chi connectivity index (χ0n) is 14.7. The molecular formula is C25H17NO. The smallest absolute Gasteiger partial charge is 0.194 e. The average Bonchev–Trinajstić information content (AvgIpc) is 3.03. The average molecular weight is 347 g/mol. The zero-order valence-corrected chi connectivity index (χ0v) is 14.7. The molecule has 0 fully saturated rings. The molecular weight excluding hydrogens is 330 g/mol. The third-order valence-electron chi connectivity index (χ3n) is 5.00. The molecule has 0 bridgehead atoms. The Morgan fingerprint density at radius 2 is 1.00 bits per heavy atom. The van der Waals surface area contributed by atoms with Crippen LogP contribution in [-0.2, 0) is 0 Å². The van der Waals surface area contributed by atoms with E-state index in [-0.39, 0.29) is 5.78 Å². The number of benzene rings is 4. The van der Waals surface area contributed by atoms with E-state index in [1.165, 1.54) is 0 Å². The van der Waals surface area contributed by atoms with E-state index >= 15 is 0 Å². The summed E-state index contributed by atoms with van der Waals surface area (Å²) in [5.74, 6) is 0.100. The normalized spacial score (nSPS) is 11.8. The van der Waals surface area contributed by atoms with Gasteiger partial charge in [-0.2, -0.15) is 0 Å². The summed E-state index contributed by atoms with van der Waals surface area (Å²) in [6, 6.07) is 34.4. The van der Waals surface area contributed by atoms with Crippen molar-refractivity contribution in [2.45, 2.75) is 0 Å². The van der Waals surface area contributed by atoms with E-state index in [0.29, 0.717) is 0 Å². The molecule has 0 saturated carbocycles. The first-order chi connectivity index (χ1) is 13.3. The first-order valence-electron chi connectivity index (χ1n) is 9.02. The lowest BCUT2D eigenvalue weighted by Crippen LogP contribution is -2.11. The molecule has 0 heterocycles. The Morgan fingerprint density at radius 3 is 1.63 bits per heavy atom. The van der Waals surface area contributed by atoms with Gasteiger partial charge in [0.1, 0.15) is 0 Å². The first kappa shape index (κ1) is 15.6. The van der Waals surface area contributed by atoms with Crippen molar-refractivity contribution in [3.05, 3.63) is 114 Å². The molecule has 0 radical (unpaired) electrons. The lowest BCUT2D eigenvalue weighted by Gasteiger charge is -2.27. The van der Waals surface area contributed by atoms with Gasteiger partial charge in [0, 0.05) is 28.1 Å². The summed E-state index contributed by atoms with van der Waals surface area (Å²) >= 11 is 0. The molecule has 0 amide bonds. The highest BCUT2D eigenvalue weighted by Crippen LogP contribution is 2.46. The van der Waals surface area contributed by atoms with Gasteiger partial charge >= 0.3 is 0 Å². The Labute approximate surface area is 158 Å². The van der Waals surface area contributed by atoms with Crippen LogP contribution in [0, 0.1) is 0 Å². The molecule has 0 unspecified atom stereocenters. The molecule has 0 atom stereocenters. The van der Waals surface area contributed by atoms with E-state index in [1.54, 1.807) is 0 Å². The molecule has 1 aliphatic rings. The highest BCUT2D eigenvalue weighted by atomic mass is 16.1. The molecule has 5 rings (SSSR count). The lowest BCUT2D eigenvalue weighted by molar-refractivity contribution is 0.104. The number of hydrogen-bond acceptors (Lipinski definition) is 2. The first-order valence-corrected chi connectivity index (χ1v) is 9.02. The fourth-order valence-corrected chi connectivity index (χ4v) is 3.82. The van der Waals surface area contributed by atoms with E-state index in [2.05, 4.69) is 35.2 Å². The van der Waals surface area contributed by atoms with Crippen LogP contribution in [0.5, 0.6) is 0 Å². The number of ketones is 1. The molecule has 4 aromatic rings. The van der Waals surface area contributed by atoms with Crippen molar-refractivity contribution < 1.29 is 4.79 Å². The van der Waals surface area contributed by atoms with E-state index < -0.39 is 0 Å². The van der Waals surface area contributed by atoms with Gasteiger partial charge in [-0.15, -0.1) is 0 Å². The van der Waals surface area contributed by atoms with Crippen LogP contribution in [0.3, 0.4) is 0 Å². The number of carbonyl (C=O) groups is 1. The van der Waals surface area contributed by atoms with Crippen LogP contribution < -0.4 is 4.90 Å². The van der Waals surface area contributed by atoms with Crippen molar-refractivity contribution in [2.75, 3.05) is 4.90 Å². The maximum Gasteiger partial charge on any atom is 0.194 e. The van der Waals surface area contributed by atoms with Crippen LogP contribution in [0.1, 0.15) is 15.9 Å². The minimum atomic E-state index is 0.100. The van der Waals surface area contributed by atoms with Crippen molar-refractivity contribution in [1.82, 2.24) is 0 Å².